The molecule has 0 unspecified atom stereocenters. The molecule has 2 aromatic heterocycles. The lowest BCUT2D eigenvalue weighted by atomic mass is 10.1. The summed E-state index contributed by atoms with van der Waals surface area (Å²) < 4.78 is 19.5. The maximum absolute atomic E-state index is 14.2. The zero-order valence-electron chi connectivity index (χ0n) is 23.4. The smallest absolute Gasteiger partial charge is 0.245 e. The van der Waals surface area contributed by atoms with E-state index in [9.17, 15) is 4.39 Å². The van der Waals surface area contributed by atoms with Crippen molar-refractivity contribution < 1.29 is 9.13 Å². The Bertz CT molecular complexity index is 1330. The minimum Gasteiger partial charge on any atom is -0.378 e. The number of hydrazone groups is 1. The van der Waals surface area contributed by atoms with Crippen LogP contribution < -0.4 is 15.6 Å². The highest BCUT2D eigenvalue weighted by Gasteiger charge is 2.17. The predicted molar refractivity (Wildman–Crippen MR) is 163 cm³/mol. The topological polar surface area (TPSA) is 112 Å². The molecule has 2 N–H and O–H groups in total. The van der Waals surface area contributed by atoms with Crippen molar-refractivity contribution in [2.75, 3.05) is 41.9 Å². The van der Waals surface area contributed by atoms with Crippen LogP contribution >= 0.6 is 0 Å². The summed E-state index contributed by atoms with van der Waals surface area (Å²) in [7, 11) is 0. The fourth-order valence-corrected chi connectivity index (χ4v) is 3.64. The Hall–Kier alpha value is -4.51. The van der Waals surface area contributed by atoms with Crippen LogP contribution in [0.4, 0.5) is 27.5 Å². The number of rotatable bonds is 10. The molecule has 1 fully saturated rings. The first-order valence-electron chi connectivity index (χ1n) is 13.2. The molecule has 0 aliphatic carbocycles. The molecule has 3 aromatic rings. The summed E-state index contributed by atoms with van der Waals surface area (Å²) in [5.74, 6) is -0.0555. The van der Waals surface area contributed by atoms with Crippen LogP contribution in [0, 0.1) is 12.7 Å². The van der Waals surface area contributed by atoms with Crippen LogP contribution in [-0.4, -0.2) is 60.0 Å². The van der Waals surface area contributed by atoms with Gasteiger partial charge in [-0.05, 0) is 49.2 Å². The maximum Gasteiger partial charge on any atom is 0.245 e. The standard InChI is InChI=1S/C27H30FN9O.C2H6/c1-4-7-29-18-32-20(3)21-12-19(2)13-24(14-21)34-23-6-5-22(30-15-23)16-33-36-27-31-17-25(28)26(35-27)37-8-10-38-11-9-37;1-2/h5-7,12-18,34H,3-4,8-11H2,1-2H3,(H,31,35,36);1-2H3/b29-7?,32-18?,33-16+;. The fraction of sp³-hybridized carbons (Fsp3) is 0.310. The Labute approximate surface area is 234 Å². The van der Waals surface area contributed by atoms with Crippen molar-refractivity contribution in [3.63, 3.8) is 0 Å². The van der Waals surface area contributed by atoms with E-state index >= 15 is 0 Å². The molecule has 1 aliphatic rings. The number of nitrogens with zero attached hydrogens (tertiary/aromatic N) is 7. The van der Waals surface area contributed by atoms with Gasteiger partial charge < -0.3 is 15.0 Å². The van der Waals surface area contributed by atoms with Gasteiger partial charge in [-0.3, -0.25) is 4.98 Å². The molecular formula is C29H36FN9O. The third-order valence-electron chi connectivity index (χ3n) is 5.45. The second-order valence-corrected chi connectivity index (χ2v) is 8.45. The molecule has 210 valence electrons. The van der Waals surface area contributed by atoms with E-state index in [0.29, 0.717) is 37.7 Å². The van der Waals surface area contributed by atoms with Gasteiger partial charge in [0.25, 0.3) is 0 Å². The molecule has 3 heterocycles. The van der Waals surface area contributed by atoms with Gasteiger partial charge in [-0.15, -0.1) is 0 Å². The molecule has 0 amide bonds. The molecule has 1 saturated heterocycles. The highest BCUT2D eigenvalue weighted by atomic mass is 19.1. The van der Waals surface area contributed by atoms with Crippen molar-refractivity contribution in [1.29, 1.82) is 0 Å². The van der Waals surface area contributed by atoms with E-state index in [1.165, 1.54) is 6.34 Å². The number of aliphatic imine (C=N–C) groups is 2. The van der Waals surface area contributed by atoms with E-state index in [4.69, 9.17) is 4.74 Å². The van der Waals surface area contributed by atoms with Crippen LogP contribution in [0.25, 0.3) is 5.70 Å². The number of benzene rings is 1. The largest absolute Gasteiger partial charge is 0.378 e. The predicted octanol–water partition coefficient (Wildman–Crippen LogP) is 5.85. The van der Waals surface area contributed by atoms with E-state index in [-0.39, 0.29) is 11.8 Å². The Morgan fingerprint density at radius 3 is 2.65 bits per heavy atom. The first kappa shape index (κ1) is 30.0. The normalized spacial score (nSPS) is 13.5. The van der Waals surface area contributed by atoms with E-state index in [1.54, 1.807) is 18.6 Å². The van der Waals surface area contributed by atoms with Gasteiger partial charge in [-0.2, -0.15) is 10.1 Å². The minimum absolute atomic E-state index is 0.195. The third kappa shape index (κ3) is 9.05. The van der Waals surface area contributed by atoms with Crippen LogP contribution in [0.2, 0.25) is 0 Å². The van der Waals surface area contributed by atoms with Crippen LogP contribution in [0.15, 0.2) is 64.4 Å². The number of halogens is 1. The van der Waals surface area contributed by atoms with Crippen molar-refractivity contribution in [3.05, 3.63) is 71.9 Å². The molecule has 4 rings (SSSR count). The molecule has 11 heteroatoms. The molecule has 0 bridgehead atoms. The average Bonchev–Trinajstić information content (AvgIpc) is 2.98. The van der Waals surface area contributed by atoms with Gasteiger partial charge in [-0.1, -0.05) is 27.4 Å². The SMILES string of the molecule is C=C(N=CN=CCC)c1cc(C)cc(Nc2ccc(/C=N/Nc3ncc(F)c(N4CCOCC4)n3)nc2)c1.CC. The highest BCUT2D eigenvalue weighted by Crippen LogP contribution is 2.24. The lowest BCUT2D eigenvalue weighted by Gasteiger charge is -2.27. The van der Waals surface area contributed by atoms with Gasteiger partial charge in [-0.25, -0.2) is 24.8 Å². The Kier molecular flexibility index (Phi) is 11.9. The molecule has 0 spiro atoms. The van der Waals surface area contributed by atoms with Gasteiger partial charge >= 0.3 is 0 Å². The van der Waals surface area contributed by atoms with Crippen molar-refractivity contribution in [2.45, 2.75) is 34.1 Å². The summed E-state index contributed by atoms with van der Waals surface area (Å²) in [5, 5.41) is 7.49. The molecule has 0 saturated carbocycles. The number of aryl methyl sites for hydroxylation is 1. The maximum atomic E-state index is 14.2. The molecule has 0 atom stereocenters. The summed E-state index contributed by atoms with van der Waals surface area (Å²) in [6, 6.07) is 9.75. The highest BCUT2D eigenvalue weighted by molar-refractivity contribution is 5.80. The number of hydrogen-bond donors (Lipinski definition) is 2. The number of morpholine rings is 1. The number of hydrogen-bond acceptors (Lipinski definition) is 9. The zero-order valence-corrected chi connectivity index (χ0v) is 23.4. The average molecular weight is 546 g/mol. The molecule has 10 nitrogen and oxygen atoms in total. The van der Waals surface area contributed by atoms with Crippen LogP contribution in [0.5, 0.6) is 0 Å². The molecule has 40 heavy (non-hydrogen) atoms. The van der Waals surface area contributed by atoms with E-state index < -0.39 is 5.82 Å². The second kappa shape index (κ2) is 15.8. The van der Waals surface area contributed by atoms with Gasteiger partial charge in [0.1, 0.15) is 6.34 Å². The zero-order chi connectivity index (χ0) is 28.7. The number of ether oxygens (including phenoxy) is 1. The van der Waals surface area contributed by atoms with Crippen LogP contribution in [0.1, 0.15) is 44.0 Å². The summed E-state index contributed by atoms with van der Waals surface area (Å²) in [6.07, 6.45) is 8.53. The Balaban J connectivity index is 0.00000216. The van der Waals surface area contributed by atoms with E-state index in [2.05, 4.69) is 47.4 Å². The Morgan fingerprint density at radius 1 is 1.12 bits per heavy atom. The van der Waals surface area contributed by atoms with E-state index in [1.807, 2.05) is 62.9 Å². The van der Waals surface area contributed by atoms with Crippen LogP contribution in [-0.2, 0) is 4.74 Å². The van der Waals surface area contributed by atoms with E-state index in [0.717, 1.165) is 35.1 Å². The third-order valence-corrected chi connectivity index (χ3v) is 5.45. The van der Waals surface area contributed by atoms with Crippen molar-refractivity contribution >= 4 is 47.6 Å². The second-order valence-electron chi connectivity index (χ2n) is 8.45. The molecule has 1 aromatic carbocycles. The first-order valence-corrected chi connectivity index (χ1v) is 13.2. The molecule has 0 radical (unpaired) electrons. The van der Waals surface area contributed by atoms with Gasteiger partial charge in [0.05, 0.1) is 48.9 Å². The fourth-order valence-electron chi connectivity index (χ4n) is 3.64. The minimum atomic E-state index is -0.481. The van der Waals surface area contributed by atoms with Gasteiger partial charge in [0.15, 0.2) is 11.6 Å². The molecule has 1 aliphatic heterocycles. The number of aromatic nitrogens is 3. The summed E-state index contributed by atoms with van der Waals surface area (Å²) in [4.78, 5) is 22.8. The van der Waals surface area contributed by atoms with Crippen molar-refractivity contribution in [1.82, 2.24) is 15.0 Å². The number of nitrogens with one attached hydrogen (secondary N) is 2. The van der Waals surface area contributed by atoms with Gasteiger partial charge in [0, 0.05) is 30.6 Å². The quantitative estimate of drug-likeness (QED) is 0.187. The monoisotopic (exact) mass is 545 g/mol. The van der Waals surface area contributed by atoms with Gasteiger partial charge in [0.2, 0.25) is 5.95 Å². The number of pyridine rings is 1. The van der Waals surface area contributed by atoms with Crippen LogP contribution in [0.3, 0.4) is 0 Å². The van der Waals surface area contributed by atoms with Crippen molar-refractivity contribution in [2.24, 2.45) is 15.1 Å². The summed E-state index contributed by atoms with van der Waals surface area (Å²) in [5.41, 5.74) is 7.66. The number of anilines is 4. The Morgan fingerprint density at radius 2 is 1.93 bits per heavy atom. The van der Waals surface area contributed by atoms with Crippen molar-refractivity contribution in [3.8, 4) is 0 Å². The lowest BCUT2D eigenvalue weighted by molar-refractivity contribution is 0.122. The lowest BCUT2D eigenvalue weighted by Crippen LogP contribution is -2.37. The molecular weight excluding hydrogens is 509 g/mol. The summed E-state index contributed by atoms with van der Waals surface area (Å²) in [6.45, 7) is 14.3. The first-order chi connectivity index (χ1) is 19.5. The summed E-state index contributed by atoms with van der Waals surface area (Å²) >= 11 is 0.